The van der Waals surface area contributed by atoms with E-state index < -0.39 is 9.84 Å². The molecule has 2 rings (SSSR count). The average Bonchev–Trinajstić information content (AvgIpc) is 3.06. The van der Waals surface area contributed by atoms with E-state index in [0.717, 1.165) is 18.9 Å². The molecular weight excluding hydrogens is 286 g/mol. The number of hydrogen-bond acceptors (Lipinski definition) is 3. The van der Waals surface area contributed by atoms with Crippen molar-refractivity contribution in [2.24, 2.45) is 16.3 Å². The summed E-state index contributed by atoms with van der Waals surface area (Å²) in [5, 5.41) is 6.73. The second-order valence-electron chi connectivity index (χ2n) is 6.64. The zero-order valence-corrected chi connectivity index (χ0v) is 14.1. The summed E-state index contributed by atoms with van der Waals surface area (Å²) in [5.74, 6) is 1.68. The first kappa shape index (κ1) is 16.6. The normalized spacial score (nSPS) is 27.7. The minimum absolute atomic E-state index is 0.222. The van der Waals surface area contributed by atoms with Crippen molar-refractivity contribution in [1.82, 2.24) is 10.6 Å². The number of aliphatic imine (C=N–C) groups is 1. The van der Waals surface area contributed by atoms with Crippen LogP contribution in [0.25, 0.3) is 0 Å². The van der Waals surface area contributed by atoms with Gasteiger partial charge in [-0.1, -0.05) is 19.8 Å². The Balaban J connectivity index is 1.76. The molecule has 0 bridgehead atoms. The maximum Gasteiger partial charge on any atom is 0.191 e. The summed E-state index contributed by atoms with van der Waals surface area (Å²) in [6.45, 7) is 3.93. The SMILES string of the molecule is CCC1(CNC(=NC)NCC2CCS(=O)(=O)C2)CCCC1. The van der Waals surface area contributed by atoms with E-state index in [4.69, 9.17) is 0 Å². The maximum atomic E-state index is 11.5. The number of sulfone groups is 1. The molecule has 1 aliphatic carbocycles. The molecular formula is C15H29N3O2S. The van der Waals surface area contributed by atoms with Crippen molar-refractivity contribution in [2.75, 3.05) is 31.6 Å². The van der Waals surface area contributed by atoms with Crippen LogP contribution < -0.4 is 10.6 Å². The number of guanidine groups is 1. The molecule has 1 saturated heterocycles. The third kappa shape index (κ3) is 4.59. The minimum atomic E-state index is -2.79. The van der Waals surface area contributed by atoms with Crippen molar-refractivity contribution in [3.8, 4) is 0 Å². The molecule has 0 radical (unpaired) electrons. The monoisotopic (exact) mass is 315 g/mol. The van der Waals surface area contributed by atoms with E-state index in [-0.39, 0.29) is 5.92 Å². The van der Waals surface area contributed by atoms with Crippen molar-refractivity contribution in [3.05, 3.63) is 0 Å². The fraction of sp³-hybridized carbons (Fsp3) is 0.933. The van der Waals surface area contributed by atoms with Crippen LogP contribution in [0.4, 0.5) is 0 Å². The number of nitrogens with zero attached hydrogens (tertiary/aromatic N) is 1. The van der Waals surface area contributed by atoms with E-state index in [1.54, 1.807) is 7.05 Å². The molecule has 1 heterocycles. The topological polar surface area (TPSA) is 70.6 Å². The van der Waals surface area contributed by atoms with Gasteiger partial charge in [0.2, 0.25) is 0 Å². The summed E-state index contributed by atoms with van der Waals surface area (Å²) in [6, 6.07) is 0. The zero-order valence-electron chi connectivity index (χ0n) is 13.3. The molecule has 6 heteroatoms. The maximum absolute atomic E-state index is 11.5. The molecule has 1 atom stereocenters. The zero-order chi connectivity index (χ0) is 15.3. The third-order valence-corrected chi connectivity index (χ3v) is 6.99. The van der Waals surface area contributed by atoms with Crippen molar-refractivity contribution in [2.45, 2.75) is 45.4 Å². The first-order valence-electron chi connectivity index (χ1n) is 8.13. The Bertz CT molecular complexity index is 467. The molecule has 21 heavy (non-hydrogen) atoms. The standard InChI is InChI=1S/C15H29N3O2S/c1-3-15(7-4-5-8-15)12-18-14(16-2)17-10-13-6-9-21(19,20)11-13/h13H,3-12H2,1-2H3,(H2,16,17,18). The molecule has 5 nitrogen and oxygen atoms in total. The average molecular weight is 315 g/mol. The predicted octanol–water partition coefficient (Wildman–Crippen LogP) is 1.56. The van der Waals surface area contributed by atoms with Crippen molar-refractivity contribution in [1.29, 1.82) is 0 Å². The van der Waals surface area contributed by atoms with Gasteiger partial charge in [0.05, 0.1) is 11.5 Å². The number of hydrogen-bond donors (Lipinski definition) is 2. The lowest BCUT2D eigenvalue weighted by molar-refractivity contribution is 0.283. The predicted molar refractivity (Wildman–Crippen MR) is 87.3 cm³/mol. The van der Waals surface area contributed by atoms with Crippen LogP contribution in [-0.2, 0) is 9.84 Å². The summed E-state index contributed by atoms with van der Waals surface area (Å²) in [4.78, 5) is 4.26. The molecule has 0 amide bonds. The van der Waals surface area contributed by atoms with Crippen LogP contribution >= 0.6 is 0 Å². The molecule has 122 valence electrons. The first-order chi connectivity index (χ1) is 9.99. The Morgan fingerprint density at radius 2 is 2.00 bits per heavy atom. The molecule has 2 aliphatic rings. The van der Waals surface area contributed by atoms with E-state index in [9.17, 15) is 8.42 Å². The van der Waals surface area contributed by atoms with Crippen LogP contribution in [0.1, 0.15) is 45.4 Å². The van der Waals surface area contributed by atoms with E-state index in [1.165, 1.54) is 32.1 Å². The summed E-state index contributed by atoms with van der Waals surface area (Å²) in [5.41, 5.74) is 0.425. The molecule has 0 aromatic rings. The van der Waals surface area contributed by atoms with Crippen molar-refractivity contribution in [3.63, 3.8) is 0 Å². The van der Waals surface area contributed by atoms with Gasteiger partial charge in [0, 0.05) is 20.1 Å². The highest BCUT2D eigenvalue weighted by molar-refractivity contribution is 7.91. The molecule has 2 N–H and O–H groups in total. The second kappa shape index (κ2) is 6.99. The summed E-state index contributed by atoms with van der Waals surface area (Å²) in [7, 11) is -1.02. The van der Waals surface area contributed by atoms with E-state index in [2.05, 4.69) is 22.5 Å². The van der Waals surface area contributed by atoms with Crippen LogP contribution in [0, 0.1) is 11.3 Å². The second-order valence-corrected chi connectivity index (χ2v) is 8.87. The summed E-state index contributed by atoms with van der Waals surface area (Å²) >= 11 is 0. The molecule has 1 aliphatic heterocycles. The summed E-state index contributed by atoms with van der Waals surface area (Å²) in [6.07, 6.45) is 7.24. The van der Waals surface area contributed by atoms with Gasteiger partial charge in [0.25, 0.3) is 0 Å². The molecule has 1 unspecified atom stereocenters. The van der Waals surface area contributed by atoms with Crippen LogP contribution in [0.15, 0.2) is 4.99 Å². The molecule has 0 aromatic carbocycles. The van der Waals surface area contributed by atoms with Gasteiger partial charge in [-0.3, -0.25) is 4.99 Å². The van der Waals surface area contributed by atoms with Gasteiger partial charge >= 0.3 is 0 Å². The van der Waals surface area contributed by atoms with Crippen LogP contribution in [0.2, 0.25) is 0 Å². The van der Waals surface area contributed by atoms with Gasteiger partial charge < -0.3 is 10.6 Å². The van der Waals surface area contributed by atoms with Gasteiger partial charge in [0.1, 0.15) is 0 Å². The number of nitrogens with one attached hydrogen (secondary N) is 2. The highest BCUT2D eigenvalue weighted by Crippen LogP contribution is 2.40. The van der Waals surface area contributed by atoms with E-state index in [0.29, 0.717) is 23.5 Å². The lowest BCUT2D eigenvalue weighted by Crippen LogP contribution is -2.44. The Morgan fingerprint density at radius 1 is 1.29 bits per heavy atom. The first-order valence-corrected chi connectivity index (χ1v) is 9.96. The quantitative estimate of drug-likeness (QED) is 0.596. The molecule has 0 spiro atoms. The fourth-order valence-electron chi connectivity index (χ4n) is 3.55. The molecule has 2 fully saturated rings. The van der Waals surface area contributed by atoms with Crippen molar-refractivity contribution >= 4 is 15.8 Å². The highest BCUT2D eigenvalue weighted by atomic mass is 32.2. The van der Waals surface area contributed by atoms with Gasteiger partial charge in [-0.2, -0.15) is 0 Å². The molecule has 1 saturated carbocycles. The van der Waals surface area contributed by atoms with Crippen LogP contribution in [0.3, 0.4) is 0 Å². The largest absolute Gasteiger partial charge is 0.356 e. The summed E-state index contributed by atoms with van der Waals surface area (Å²) < 4.78 is 22.9. The number of rotatable bonds is 5. The Morgan fingerprint density at radius 3 is 2.52 bits per heavy atom. The van der Waals surface area contributed by atoms with E-state index >= 15 is 0 Å². The Labute approximate surface area is 128 Å². The van der Waals surface area contributed by atoms with Crippen LogP contribution in [-0.4, -0.2) is 46.0 Å². The van der Waals surface area contributed by atoms with Gasteiger partial charge in [-0.15, -0.1) is 0 Å². The smallest absolute Gasteiger partial charge is 0.191 e. The van der Waals surface area contributed by atoms with Gasteiger partial charge in [0.15, 0.2) is 15.8 Å². The lowest BCUT2D eigenvalue weighted by atomic mass is 9.83. The van der Waals surface area contributed by atoms with E-state index in [1.807, 2.05) is 0 Å². The van der Waals surface area contributed by atoms with Gasteiger partial charge in [-0.05, 0) is 37.0 Å². The lowest BCUT2D eigenvalue weighted by Gasteiger charge is -2.28. The minimum Gasteiger partial charge on any atom is -0.356 e. The highest BCUT2D eigenvalue weighted by Gasteiger charge is 2.32. The fourth-order valence-corrected chi connectivity index (χ4v) is 5.41. The molecule has 0 aromatic heterocycles. The Hall–Kier alpha value is -0.780. The van der Waals surface area contributed by atoms with Crippen LogP contribution in [0.5, 0.6) is 0 Å². The third-order valence-electron chi connectivity index (χ3n) is 5.15. The van der Waals surface area contributed by atoms with Gasteiger partial charge in [-0.25, -0.2) is 8.42 Å². The van der Waals surface area contributed by atoms with Crippen molar-refractivity contribution < 1.29 is 8.42 Å². The Kier molecular flexibility index (Phi) is 5.52.